The minimum absolute atomic E-state index is 0.0299. The number of nitrogens with zero attached hydrogens (tertiary/aromatic N) is 1. The molecular weight excluding hydrogens is 466 g/mol. The van der Waals surface area contributed by atoms with E-state index < -0.39 is 6.04 Å². The summed E-state index contributed by atoms with van der Waals surface area (Å²) >= 11 is 3.34. The summed E-state index contributed by atoms with van der Waals surface area (Å²) in [5, 5.41) is 19.6. The van der Waals surface area contributed by atoms with Gasteiger partial charge in [-0.15, -0.1) is 0 Å². The Balaban J connectivity index is 1.83. The van der Waals surface area contributed by atoms with Gasteiger partial charge in [0.05, 0.1) is 29.1 Å². The Labute approximate surface area is 190 Å². The normalized spacial score (nSPS) is 30.2. The highest BCUT2D eigenvalue weighted by molar-refractivity contribution is 9.10. The van der Waals surface area contributed by atoms with Gasteiger partial charge in [-0.1, -0.05) is 13.8 Å². The Morgan fingerprint density at radius 1 is 1.26 bits per heavy atom. The first-order valence-corrected chi connectivity index (χ1v) is 11.5. The number of methoxy groups -OCH3 is 1. The van der Waals surface area contributed by atoms with E-state index in [0.717, 1.165) is 12.8 Å². The zero-order valence-electron chi connectivity index (χ0n) is 17.9. The highest BCUT2D eigenvalue weighted by atomic mass is 79.9. The number of carbonyl (C=O) groups excluding carboxylic acids is 2. The van der Waals surface area contributed by atoms with Crippen LogP contribution in [0.2, 0.25) is 0 Å². The number of phenolic OH excluding ortho intramolecular Hbond substituents is 1. The van der Waals surface area contributed by atoms with Gasteiger partial charge in [0.2, 0.25) is 0 Å². The van der Waals surface area contributed by atoms with E-state index in [4.69, 9.17) is 9.47 Å². The first-order chi connectivity index (χ1) is 14.8. The number of hydrogen-bond acceptors (Lipinski definition) is 6. The molecule has 1 aromatic rings. The van der Waals surface area contributed by atoms with E-state index in [1.54, 1.807) is 17.0 Å². The van der Waals surface area contributed by atoms with Crippen LogP contribution in [0.5, 0.6) is 11.5 Å². The molecule has 5 atom stereocenters. The average Bonchev–Trinajstić information content (AvgIpc) is 3.01. The monoisotopic (exact) mass is 493 g/mol. The molecular formula is C23H28BrNO6. The van der Waals surface area contributed by atoms with Crippen molar-refractivity contribution in [3.63, 3.8) is 0 Å². The van der Waals surface area contributed by atoms with Crippen LogP contribution in [0.25, 0.3) is 0 Å². The van der Waals surface area contributed by atoms with Crippen molar-refractivity contribution < 1.29 is 29.3 Å². The lowest BCUT2D eigenvalue weighted by atomic mass is 9.70. The zero-order chi connectivity index (χ0) is 22.4. The second-order valence-electron chi connectivity index (χ2n) is 8.88. The van der Waals surface area contributed by atoms with Gasteiger partial charge >= 0.3 is 0 Å². The number of aliphatic hydroxyl groups excluding tert-OH is 1. The van der Waals surface area contributed by atoms with Gasteiger partial charge in [0.1, 0.15) is 6.10 Å². The number of amides is 1. The predicted octanol–water partition coefficient (Wildman–Crippen LogP) is 3.33. The first kappa shape index (κ1) is 22.1. The van der Waals surface area contributed by atoms with Crippen molar-refractivity contribution in [2.24, 2.45) is 17.8 Å². The molecule has 2 aliphatic heterocycles. The molecule has 1 fully saturated rings. The maximum absolute atomic E-state index is 13.7. The third-order valence-corrected chi connectivity index (χ3v) is 7.28. The third-order valence-electron chi connectivity index (χ3n) is 6.67. The molecule has 2 N–H and O–H groups in total. The Bertz CT molecular complexity index is 944. The van der Waals surface area contributed by atoms with Crippen molar-refractivity contribution in [2.75, 3.05) is 20.3 Å². The van der Waals surface area contributed by atoms with Crippen molar-refractivity contribution in [3.8, 4) is 11.5 Å². The molecule has 0 spiro atoms. The van der Waals surface area contributed by atoms with Gasteiger partial charge in [0, 0.05) is 13.2 Å². The number of aliphatic hydroxyl groups is 1. The molecule has 5 unspecified atom stereocenters. The van der Waals surface area contributed by atoms with Gasteiger partial charge in [0.15, 0.2) is 23.0 Å². The van der Waals surface area contributed by atoms with Crippen molar-refractivity contribution in [1.29, 1.82) is 0 Å². The summed E-state index contributed by atoms with van der Waals surface area (Å²) in [5.41, 5.74) is 1.02. The highest BCUT2D eigenvalue weighted by Gasteiger charge is 2.53. The molecule has 168 valence electrons. The van der Waals surface area contributed by atoms with Gasteiger partial charge in [0.25, 0.3) is 5.91 Å². The van der Waals surface area contributed by atoms with Gasteiger partial charge in [-0.3, -0.25) is 9.59 Å². The number of Topliss-reactive ketones (excluding diaryl/α,β-unsaturated/α-hetero) is 1. The van der Waals surface area contributed by atoms with E-state index in [1.807, 2.05) is 0 Å². The van der Waals surface area contributed by atoms with Crippen molar-refractivity contribution in [2.45, 2.75) is 45.3 Å². The van der Waals surface area contributed by atoms with Crippen LogP contribution in [0, 0.1) is 17.8 Å². The smallest absolute Gasteiger partial charge is 0.290 e. The summed E-state index contributed by atoms with van der Waals surface area (Å²) in [6.07, 6.45) is 1.80. The summed E-state index contributed by atoms with van der Waals surface area (Å²) in [6.45, 7) is 4.44. The molecule has 7 nitrogen and oxygen atoms in total. The Morgan fingerprint density at radius 2 is 2.00 bits per heavy atom. The largest absolute Gasteiger partial charge is 0.503 e. The quantitative estimate of drug-likeness (QED) is 0.652. The molecule has 0 saturated heterocycles. The molecule has 2 heterocycles. The van der Waals surface area contributed by atoms with Gasteiger partial charge in [-0.05, 0) is 64.7 Å². The second-order valence-corrected chi connectivity index (χ2v) is 9.74. The SMILES string of the molecule is COc1cc(C2C3=C(OC4C(C)CC(C)CC4C3=O)C(=O)N2CCCO)cc(Br)c1O. The number of benzene rings is 1. The predicted molar refractivity (Wildman–Crippen MR) is 116 cm³/mol. The number of ether oxygens (including phenoxy) is 2. The summed E-state index contributed by atoms with van der Waals surface area (Å²) in [5.74, 6) is 0.309. The van der Waals surface area contributed by atoms with Crippen LogP contribution in [0.4, 0.5) is 0 Å². The van der Waals surface area contributed by atoms with Gasteiger partial charge < -0.3 is 24.6 Å². The number of ketones is 1. The van der Waals surface area contributed by atoms with E-state index in [1.165, 1.54) is 7.11 Å². The van der Waals surface area contributed by atoms with Crippen molar-refractivity contribution in [1.82, 2.24) is 4.90 Å². The zero-order valence-corrected chi connectivity index (χ0v) is 19.5. The minimum Gasteiger partial charge on any atom is -0.503 e. The number of carbonyl (C=O) groups is 2. The topological polar surface area (TPSA) is 96.3 Å². The van der Waals surface area contributed by atoms with Crippen LogP contribution in [0.3, 0.4) is 0 Å². The lowest BCUT2D eigenvalue weighted by Crippen LogP contribution is -2.45. The van der Waals surface area contributed by atoms with Crippen LogP contribution >= 0.6 is 15.9 Å². The maximum atomic E-state index is 13.7. The standard InChI is InChI=1S/C23H28BrNO6/c1-11-7-12(2)21-14(8-11)19(27)17-18(13-9-15(24)20(28)16(10-13)30-3)25(5-4-6-26)23(29)22(17)31-21/h9-12,14,18,21,26,28H,4-8H2,1-3H3. The van der Waals surface area contributed by atoms with Gasteiger partial charge in [-0.25, -0.2) is 0 Å². The number of rotatable bonds is 5. The van der Waals surface area contributed by atoms with Crippen molar-refractivity contribution in [3.05, 3.63) is 33.5 Å². The highest BCUT2D eigenvalue weighted by Crippen LogP contribution is 2.50. The second kappa shape index (κ2) is 8.47. The summed E-state index contributed by atoms with van der Waals surface area (Å²) in [4.78, 5) is 28.7. The number of phenols is 1. The summed E-state index contributed by atoms with van der Waals surface area (Å²) in [6, 6.07) is 2.69. The fourth-order valence-electron chi connectivity index (χ4n) is 5.35. The van der Waals surface area contributed by atoms with Crippen LogP contribution in [0.1, 0.15) is 44.7 Å². The molecule has 0 bridgehead atoms. The number of aromatic hydroxyl groups is 1. The lowest BCUT2D eigenvalue weighted by Gasteiger charge is -2.41. The maximum Gasteiger partial charge on any atom is 0.290 e. The molecule has 3 aliphatic rings. The third kappa shape index (κ3) is 3.63. The average molecular weight is 494 g/mol. The molecule has 0 aromatic heterocycles. The number of fused-ring (bicyclic) bond motifs is 1. The van der Waals surface area contributed by atoms with E-state index in [0.29, 0.717) is 27.9 Å². The minimum atomic E-state index is -0.652. The summed E-state index contributed by atoms with van der Waals surface area (Å²) in [7, 11) is 1.45. The first-order valence-electron chi connectivity index (χ1n) is 10.7. The Hall–Kier alpha value is -2.06. The molecule has 0 radical (unpaired) electrons. The van der Waals surface area contributed by atoms with E-state index in [2.05, 4.69) is 29.8 Å². The molecule has 1 amide bonds. The van der Waals surface area contributed by atoms with E-state index in [-0.39, 0.29) is 60.0 Å². The molecule has 31 heavy (non-hydrogen) atoms. The van der Waals surface area contributed by atoms with Crippen molar-refractivity contribution >= 4 is 27.6 Å². The molecule has 4 rings (SSSR count). The molecule has 1 aromatic carbocycles. The fourth-order valence-corrected chi connectivity index (χ4v) is 5.81. The fraction of sp³-hybridized carbons (Fsp3) is 0.565. The molecule has 8 heteroatoms. The van der Waals surface area contributed by atoms with E-state index in [9.17, 15) is 19.8 Å². The Morgan fingerprint density at radius 3 is 2.68 bits per heavy atom. The summed E-state index contributed by atoms with van der Waals surface area (Å²) < 4.78 is 11.9. The lowest BCUT2D eigenvalue weighted by molar-refractivity contribution is -0.139. The number of hydrogen-bond donors (Lipinski definition) is 2. The van der Waals surface area contributed by atoms with Crippen LogP contribution in [0.15, 0.2) is 27.9 Å². The van der Waals surface area contributed by atoms with E-state index >= 15 is 0 Å². The number of halogens is 1. The molecule has 1 saturated carbocycles. The van der Waals surface area contributed by atoms with Crippen LogP contribution in [-0.2, 0) is 14.3 Å². The van der Waals surface area contributed by atoms with Crippen LogP contribution < -0.4 is 4.74 Å². The van der Waals surface area contributed by atoms with Crippen LogP contribution in [-0.4, -0.2) is 53.2 Å². The Kier molecular flexibility index (Phi) is 6.05. The molecule has 1 aliphatic carbocycles. The van der Waals surface area contributed by atoms with Gasteiger partial charge in [-0.2, -0.15) is 0 Å².